The van der Waals surface area contributed by atoms with Crippen LogP contribution >= 0.6 is 0 Å². The van der Waals surface area contributed by atoms with Gasteiger partial charge in [-0.1, -0.05) is 42.5 Å². The first-order valence-corrected chi connectivity index (χ1v) is 10.3. The number of benzene rings is 2. The summed E-state index contributed by atoms with van der Waals surface area (Å²) >= 11 is 0. The number of nitrogens with one attached hydrogen (secondary N) is 1. The summed E-state index contributed by atoms with van der Waals surface area (Å²) in [6.07, 6.45) is 10.2. The van der Waals surface area contributed by atoms with Crippen LogP contribution in [-0.2, 0) is 6.42 Å². The predicted octanol–water partition coefficient (Wildman–Crippen LogP) is 4.56. The van der Waals surface area contributed by atoms with Gasteiger partial charge in [-0.3, -0.25) is 4.99 Å². The van der Waals surface area contributed by atoms with Gasteiger partial charge in [0.1, 0.15) is 11.4 Å². The summed E-state index contributed by atoms with van der Waals surface area (Å²) in [7, 11) is 3.31. The number of anilines is 1. The summed E-state index contributed by atoms with van der Waals surface area (Å²) in [5.74, 6) is 2.72. The van der Waals surface area contributed by atoms with Gasteiger partial charge >= 0.3 is 0 Å². The third-order valence-electron chi connectivity index (χ3n) is 6.15. The predicted molar refractivity (Wildman–Crippen MR) is 121 cm³/mol. The minimum atomic E-state index is -0.249. The number of ether oxygens (including phenoxy) is 2. The lowest BCUT2D eigenvalue weighted by Gasteiger charge is -2.38. The molecule has 0 saturated heterocycles. The topological polar surface area (TPSA) is 55.2 Å². The number of rotatable bonds is 5. The second-order valence-electron chi connectivity index (χ2n) is 7.79. The van der Waals surface area contributed by atoms with E-state index in [1.54, 1.807) is 14.2 Å². The normalized spacial score (nSPS) is 24.5. The van der Waals surface area contributed by atoms with Crippen molar-refractivity contribution >= 4 is 17.2 Å². The van der Waals surface area contributed by atoms with Crippen LogP contribution in [0.15, 0.2) is 76.8 Å². The Morgan fingerprint density at radius 1 is 1.10 bits per heavy atom. The summed E-state index contributed by atoms with van der Waals surface area (Å²) in [5, 5.41) is 3.73. The van der Waals surface area contributed by atoms with Gasteiger partial charge in [0.2, 0.25) is 0 Å². The average molecular weight is 399 g/mol. The minimum Gasteiger partial charge on any atom is -0.493 e. The van der Waals surface area contributed by atoms with Gasteiger partial charge in [0.05, 0.1) is 19.9 Å². The van der Waals surface area contributed by atoms with Crippen LogP contribution in [0.1, 0.15) is 23.5 Å². The third kappa shape index (κ3) is 3.02. The Labute approximate surface area is 176 Å². The molecule has 5 rings (SSSR count). The highest BCUT2D eigenvalue weighted by molar-refractivity contribution is 6.16. The average Bonchev–Trinajstić information content (AvgIpc) is 3.11. The number of hydrogen-bond donors (Lipinski definition) is 1. The Morgan fingerprint density at radius 3 is 2.83 bits per heavy atom. The van der Waals surface area contributed by atoms with Gasteiger partial charge in [0, 0.05) is 24.6 Å². The van der Waals surface area contributed by atoms with Crippen molar-refractivity contribution in [1.29, 1.82) is 0 Å². The van der Waals surface area contributed by atoms with E-state index in [2.05, 4.69) is 60.0 Å². The zero-order chi connectivity index (χ0) is 20.6. The van der Waals surface area contributed by atoms with E-state index >= 15 is 0 Å². The molecule has 2 aromatic rings. The fourth-order valence-corrected chi connectivity index (χ4v) is 4.67. The molecule has 5 heteroatoms. The van der Waals surface area contributed by atoms with E-state index in [-0.39, 0.29) is 5.54 Å². The smallest absolute Gasteiger partial charge is 0.160 e. The molecule has 30 heavy (non-hydrogen) atoms. The number of aliphatic imine (C=N–C) groups is 2. The molecule has 0 amide bonds. The number of allylic oxidation sites excluding steroid dienone is 2. The first-order valence-electron chi connectivity index (χ1n) is 10.3. The van der Waals surface area contributed by atoms with Crippen molar-refractivity contribution in [3.63, 3.8) is 0 Å². The van der Waals surface area contributed by atoms with E-state index in [9.17, 15) is 0 Å². The van der Waals surface area contributed by atoms with Crippen molar-refractivity contribution in [1.82, 2.24) is 0 Å². The molecule has 0 fully saturated rings. The molecule has 5 nitrogen and oxygen atoms in total. The quantitative estimate of drug-likeness (QED) is 0.802. The summed E-state index contributed by atoms with van der Waals surface area (Å²) in [6.45, 7) is 0.690. The van der Waals surface area contributed by atoms with Gasteiger partial charge in [-0.15, -0.1) is 0 Å². The van der Waals surface area contributed by atoms with E-state index in [1.165, 1.54) is 16.8 Å². The van der Waals surface area contributed by atoms with Gasteiger partial charge in [-0.2, -0.15) is 0 Å². The Hall–Kier alpha value is -3.34. The third-order valence-corrected chi connectivity index (χ3v) is 6.15. The first-order chi connectivity index (χ1) is 14.7. The number of hydrogen-bond acceptors (Lipinski definition) is 4. The van der Waals surface area contributed by atoms with E-state index in [4.69, 9.17) is 19.5 Å². The number of nitrogens with zero attached hydrogens (tertiary/aromatic N) is 2. The molecule has 0 radical (unpaired) electrons. The SMILES string of the molecule is COc1ccc(CCN=C2CC3c4ccccc4NC34C=CC=CC4=N2)cc1OC. The van der Waals surface area contributed by atoms with E-state index in [0.717, 1.165) is 35.9 Å². The maximum absolute atomic E-state index is 5.41. The lowest BCUT2D eigenvalue weighted by Crippen LogP contribution is -2.49. The summed E-state index contributed by atoms with van der Waals surface area (Å²) in [6, 6.07) is 14.6. The van der Waals surface area contributed by atoms with Crippen LogP contribution in [0.25, 0.3) is 0 Å². The minimum absolute atomic E-state index is 0.249. The van der Waals surface area contributed by atoms with Crippen LogP contribution in [0.5, 0.6) is 11.5 Å². The number of fused-ring (bicyclic) bond motifs is 2. The van der Waals surface area contributed by atoms with Crippen LogP contribution in [0, 0.1) is 0 Å². The second-order valence-corrected chi connectivity index (χ2v) is 7.79. The van der Waals surface area contributed by atoms with Crippen molar-refractivity contribution in [3.8, 4) is 11.5 Å². The Bertz CT molecular complexity index is 1100. The van der Waals surface area contributed by atoms with Crippen LogP contribution in [0.3, 0.4) is 0 Å². The highest BCUT2D eigenvalue weighted by atomic mass is 16.5. The van der Waals surface area contributed by atoms with Gasteiger partial charge in [-0.25, -0.2) is 4.99 Å². The van der Waals surface area contributed by atoms with Crippen molar-refractivity contribution in [2.45, 2.75) is 24.3 Å². The van der Waals surface area contributed by atoms with Crippen LogP contribution in [0.2, 0.25) is 0 Å². The fourth-order valence-electron chi connectivity index (χ4n) is 4.67. The first kappa shape index (κ1) is 18.7. The van der Waals surface area contributed by atoms with Crippen LogP contribution in [0.4, 0.5) is 5.69 Å². The number of methoxy groups -OCH3 is 2. The number of amidine groups is 1. The molecule has 2 aromatic carbocycles. The Kier molecular flexibility index (Phi) is 4.66. The molecule has 1 aliphatic carbocycles. The monoisotopic (exact) mass is 399 g/mol. The molecule has 3 aliphatic rings. The standard InChI is InChI=1S/C25H25N3O2/c1-29-21-11-10-17(15-22(21)30-2)12-14-26-24-16-19-18-7-3-4-8-20(18)28-25(19)13-6-5-9-23(25)27-24/h3-11,13,15,19,28H,12,14,16H2,1-2H3. The lowest BCUT2D eigenvalue weighted by molar-refractivity contribution is 0.354. The van der Waals surface area contributed by atoms with Crippen molar-refractivity contribution < 1.29 is 9.47 Å². The highest BCUT2D eigenvalue weighted by Gasteiger charge is 2.50. The molecule has 1 N–H and O–H groups in total. The van der Waals surface area contributed by atoms with Gasteiger partial charge in [-0.05, 0) is 41.8 Å². The van der Waals surface area contributed by atoms with Crippen LogP contribution in [-0.4, -0.2) is 37.9 Å². The molecule has 2 heterocycles. The molecule has 1 spiro atoms. The largest absolute Gasteiger partial charge is 0.493 e. The molecule has 0 bridgehead atoms. The summed E-state index contributed by atoms with van der Waals surface area (Å²) < 4.78 is 10.7. The highest BCUT2D eigenvalue weighted by Crippen LogP contribution is 2.49. The second kappa shape index (κ2) is 7.48. The molecule has 0 saturated carbocycles. The molecule has 2 atom stereocenters. The Balaban J connectivity index is 1.39. The molecule has 2 unspecified atom stereocenters. The van der Waals surface area contributed by atoms with Crippen molar-refractivity contribution in [2.75, 3.05) is 26.1 Å². The maximum atomic E-state index is 5.41. The van der Waals surface area contributed by atoms with Gasteiger partial charge in [0.15, 0.2) is 11.5 Å². The fraction of sp³-hybridized carbons (Fsp3) is 0.280. The lowest BCUT2D eigenvalue weighted by atomic mass is 9.73. The summed E-state index contributed by atoms with van der Waals surface area (Å²) in [5.41, 5.74) is 4.51. The molecule has 152 valence electrons. The van der Waals surface area contributed by atoms with E-state index in [1.807, 2.05) is 12.1 Å². The number of para-hydroxylation sites is 1. The molecule has 0 aromatic heterocycles. The summed E-state index contributed by atoms with van der Waals surface area (Å²) in [4.78, 5) is 9.80. The van der Waals surface area contributed by atoms with Gasteiger partial charge in [0.25, 0.3) is 0 Å². The van der Waals surface area contributed by atoms with Gasteiger partial charge < -0.3 is 14.8 Å². The van der Waals surface area contributed by atoms with Crippen LogP contribution < -0.4 is 14.8 Å². The van der Waals surface area contributed by atoms with Crippen molar-refractivity contribution in [3.05, 3.63) is 77.9 Å². The molecule has 2 aliphatic heterocycles. The van der Waals surface area contributed by atoms with E-state index in [0.29, 0.717) is 12.5 Å². The van der Waals surface area contributed by atoms with Crippen molar-refractivity contribution in [2.24, 2.45) is 9.98 Å². The maximum Gasteiger partial charge on any atom is 0.160 e. The zero-order valence-corrected chi connectivity index (χ0v) is 17.3. The van der Waals surface area contributed by atoms with E-state index < -0.39 is 0 Å². The molecular weight excluding hydrogens is 374 g/mol. The zero-order valence-electron chi connectivity index (χ0n) is 17.3. The Morgan fingerprint density at radius 2 is 1.97 bits per heavy atom. The molecular formula is C25H25N3O2.